The van der Waals surface area contributed by atoms with E-state index in [0.717, 1.165) is 6.42 Å². The third-order valence-corrected chi connectivity index (χ3v) is 7.39. The molecular weight excluding hydrogens is 179 g/mol. The van der Waals surface area contributed by atoms with Crippen LogP contribution in [-0.4, -0.2) is 44.2 Å². The van der Waals surface area contributed by atoms with Crippen LogP contribution >= 0.6 is 7.56 Å². The van der Waals surface area contributed by atoms with E-state index in [2.05, 4.69) is 62.4 Å². The van der Waals surface area contributed by atoms with Crippen LogP contribution in [0.1, 0.15) is 6.42 Å². The van der Waals surface area contributed by atoms with Crippen LogP contribution in [0.4, 0.5) is 0 Å². The van der Waals surface area contributed by atoms with E-state index in [1.807, 2.05) is 0 Å². The van der Waals surface area contributed by atoms with Crippen molar-refractivity contribution in [3.05, 3.63) is 23.5 Å². The summed E-state index contributed by atoms with van der Waals surface area (Å²) < 4.78 is 4.73. The molecule has 0 aromatic rings. The minimum atomic E-state index is -1.20. The van der Waals surface area contributed by atoms with Crippen LogP contribution in [0.25, 0.3) is 0 Å². The Hall–Kier alpha value is -0.170. The van der Waals surface area contributed by atoms with Crippen molar-refractivity contribution in [2.45, 2.75) is 6.42 Å². The average molecular weight is 199 g/mol. The molecule has 0 saturated heterocycles. The molecule has 0 fully saturated rings. The summed E-state index contributed by atoms with van der Waals surface area (Å²) in [6, 6.07) is 0. The predicted molar refractivity (Wildman–Crippen MR) is 62.1 cm³/mol. The van der Waals surface area contributed by atoms with Gasteiger partial charge in [-0.05, 0) is 6.08 Å². The maximum Gasteiger partial charge on any atom is 0.177 e. The van der Waals surface area contributed by atoms with Crippen molar-refractivity contribution < 1.29 is 0 Å². The first-order valence-electron chi connectivity index (χ1n) is 4.58. The van der Waals surface area contributed by atoms with Gasteiger partial charge in [0.2, 0.25) is 0 Å². The van der Waals surface area contributed by atoms with E-state index in [-0.39, 0.29) is 0 Å². The molecule has 0 saturated carbocycles. The zero-order chi connectivity index (χ0) is 10.1. The Balaban J connectivity index is 2.91. The highest BCUT2D eigenvalue weighted by molar-refractivity contribution is 7.74. The molecule has 0 spiro atoms. The van der Waals surface area contributed by atoms with E-state index < -0.39 is 7.56 Å². The smallest absolute Gasteiger partial charge is 0.166 e. The van der Waals surface area contributed by atoms with Gasteiger partial charge in [-0.1, -0.05) is 12.2 Å². The summed E-state index contributed by atoms with van der Waals surface area (Å²) in [6.45, 7) is 2.37. The topological polar surface area (TPSA) is 6.48 Å². The summed E-state index contributed by atoms with van der Waals surface area (Å²) in [7, 11) is 7.50. The van der Waals surface area contributed by atoms with Crippen molar-refractivity contribution >= 4 is 7.56 Å². The fourth-order valence-electron chi connectivity index (χ4n) is 1.62. The average Bonchev–Trinajstić information content (AvgIpc) is 2.54. The molecule has 0 atom stereocenters. The van der Waals surface area contributed by atoms with E-state index in [0.29, 0.717) is 0 Å². The third kappa shape index (κ3) is 1.85. The molecule has 1 aliphatic carbocycles. The summed E-state index contributed by atoms with van der Waals surface area (Å²) in [5.74, 6) is 0. The van der Waals surface area contributed by atoms with Crippen LogP contribution in [0, 0.1) is 0 Å². The normalized spacial score (nSPS) is 17.3. The molecule has 0 N–H and O–H groups in total. The van der Waals surface area contributed by atoms with Crippen molar-refractivity contribution in [3.63, 3.8) is 0 Å². The van der Waals surface area contributed by atoms with Gasteiger partial charge < -0.3 is 0 Å². The summed E-state index contributed by atoms with van der Waals surface area (Å²) in [5.41, 5.74) is 0. The molecule has 2 nitrogen and oxygen atoms in total. The number of hydrogen-bond donors (Lipinski definition) is 0. The van der Waals surface area contributed by atoms with Gasteiger partial charge >= 0.3 is 0 Å². The SMILES string of the molecule is CN(C)[P+](C)(C1=CC=CC1)N(C)C. The van der Waals surface area contributed by atoms with Gasteiger partial charge in [-0.3, -0.25) is 0 Å². The second-order valence-corrected chi connectivity index (χ2v) is 7.90. The Morgan fingerprint density at radius 2 is 1.69 bits per heavy atom. The molecule has 0 aromatic carbocycles. The highest BCUT2D eigenvalue weighted by Gasteiger charge is 2.42. The molecule has 0 aromatic heterocycles. The Labute approximate surface area is 82.4 Å². The summed E-state index contributed by atoms with van der Waals surface area (Å²) >= 11 is 0. The van der Waals surface area contributed by atoms with E-state index in [1.165, 1.54) is 0 Å². The lowest BCUT2D eigenvalue weighted by atomic mass is 10.5. The van der Waals surface area contributed by atoms with Gasteiger partial charge in [0.1, 0.15) is 5.31 Å². The second-order valence-electron chi connectivity index (χ2n) is 3.90. The van der Waals surface area contributed by atoms with Crippen molar-refractivity contribution in [1.82, 2.24) is 9.34 Å². The standard InChI is InChI=1S/C10H20N2P/c1-11(2)13(5,12(3)4)10-8-6-7-9-10/h6-8H,9H2,1-5H3/q+1. The molecule has 1 rings (SSSR count). The molecule has 74 valence electrons. The molecule has 0 heterocycles. The van der Waals surface area contributed by atoms with Crippen LogP contribution in [0.5, 0.6) is 0 Å². The van der Waals surface area contributed by atoms with Gasteiger partial charge in [-0.25, -0.2) is 0 Å². The molecule has 0 radical (unpaired) electrons. The molecule has 0 amide bonds. The van der Waals surface area contributed by atoms with Gasteiger partial charge in [0, 0.05) is 34.6 Å². The third-order valence-electron chi connectivity index (χ3n) is 2.85. The van der Waals surface area contributed by atoms with E-state index >= 15 is 0 Å². The Morgan fingerprint density at radius 3 is 2.00 bits per heavy atom. The molecule has 0 unspecified atom stereocenters. The van der Waals surface area contributed by atoms with Crippen molar-refractivity contribution in [2.75, 3.05) is 34.9 Å². The summed E-state index contributed by atoms with van der Waals surface area (Å²) in [6.07, 6.45) is 7.80. The Kier molecular flexibility index (Phi) is 3.28. The second kappa shape index (κ2) is 3.91. The largest absolute Gasteiger partial charge is 0.177 e. The predicted octanol–water partition coefficient (Wildman–Crippen LogP) is 2.43. The molecular formula is C10H20N2P+. The van der Waals surface area contributed by atoms with Crippen molar-refractivity contribution in [2.24, 2.45) is 0 Å². The maximum absolute atomic E-state index is 2.37. The molecule has 0 aliphatic heterocycles. The van der Waals surface area contributed by atoms with Crippen molar-refractivity contribution in [1.29, 1.82) is 0 Å². The van der Waals surface area contributed by atoms with E-state index in [9.17, 15) is 0 Å². The number of hydrogen-bond acceptors (Lipinski definition) is 2. The summed E-state index contributed by atoms with van der Waals surface area (Å²) in [4.78, 5) is 0. The quantitative estimate of drug-likeness (QED) is 0.644. The fraction of sp³-hybridized carbons (Fsp3) is 0.600. The Bertz CT molecular complexity index is 233. The lowest BCUT2D eigenvalue weighted by Gasteiger charge is -2.34. The van der Waals surface area contributed by atoms with Gasteiger partial charge in [-0.15, -0.1) is 0 Å². The maximum atomic E-state index is 2.37. The zero-order valence-electron chi connectivity index (χ0n) is 9.28. The lowest BCUT2D eigenvalue weighted by molar-refractivity contribution is 0.560. The molecule has 0 bridgehead atoms. The number of rotatable bonds is 3. The minimum Gasteiger partial charge on any atom is -0.166 e. The van der Waals surface area contributed by atoms with Crippen LogP contribution in [0.15, 0.2) is 23.5 Å². The fourth-order valence-corrected chi connectivity index (χ4v) is 4.18. The molecule has 1 aliphatic rings. The van der Waals surface area contributed by atoms with Crippen LogP contribution in [0.2, 0.25) is 0 Å². The monoisotopic (exact) mass is 199 g/mol. The van der Waals surface area contributed by atoms with Gasteiger partial charge in [0.15, 0.2) is 7.56 Å². The first-order valence-corrected chi connectivity index (χ1v) is 6.72. The van der Waals surface area contributed by atoms with Gasteiger partial charge in [0.05, 0.1) is 6.66 Å². The van der Waals surface area contributed by atoms with E-state index in [1.54, 1.807) is 5.31 Å². The first kappa shape index (κ1) is 10.9. The molecule has 3 heteroatoms. The minimum absolute atomic E-state index is 1.13. The van der Waals surface area contributed by atoms with Gasteiger partial charge in [-0.2, -0.15) is 9.34 Å². The van der Waals surface area contributed by atoms with Crippen molar-refractivity contribution in [3.8, 4) is 0 Å². The first-order chi connectivity index (χ1) is 5.99. The highest BCUT2D eigenvalue weighted by atomic mass is 31.2. The van der Waals surface area contributed by atoms with Crippen LogP contribution in [-0.2, 0) is 0 Å². The molecule has 13 heavy (non-hydrogen) atoms. The van der Waals surface area contributed by atoms with Gasteiger partial charge in [0.25, 0.3) is 0 Å². The van der Waals surface area contributed by atoms with E-state index in [4.69, 9.17) is 0 Å². The van der Waals surface area contributed by atoms with Crippen LogP contribution in [0.3, 0.4) is 0 Å². The van der Waals surface area contributed by atoms with Crippen LogP contribution < -0.4 is 0 Å². The number of allylic oxidation sites excluding steroid dienone is 4. The highest BCUT2D eigenvalue weighted by Crippen LogP contribution is 2.67. The zero-order valence-corrected chi connectivity index (χ0v) is 10.2. The number of nitrogens with zero attached hydrogens (tertiary/aromatic N) is 2. The Morgan fingerprint density at radius 1 is 1.15 bits per heavy atom. The summed E-state index contributed by atoms with van der Waals surface area (Å²) in [5, 5.41) is 1.57. The lowest BCUT2D eigenvalue weighted by Crippen LogP contribution is -2.26.